The Balaban J connectivity index is -0.0000000248. The number of rotatable bonds is 0. The van der Waals surface area contributed by atoms with E-state index in [1.165, 1.54) is 0 Å². The molecular formula is H24CoMo6N3O24+3. The average molecular weight is 1080 g/mol. The van der Waals surface area contributed by atoms with Crippen LogP contribution in [0.2, 0.25) is 0 Å². The molecule has 0 heterocycles. The Bertz CT molecular complexity index is 775. The molecule has 0 atom stereocenters. The van der Waals surface area contributed by atoms with Crippen molar-refractivity contribution in [3.05, 3.63) is 0 Å². The summed E-state index contributed by atoms with van der Waals surface area (Å²) in [4.78, 5) is 0. The van der Waals surface area contributed by atoms with Gasteiger partial charge in [-0.2, -0.15) is 0 Å². The predicted octanol–water partition coefficient (Wildman–Crippen LogP) is -7.00. The van der Waals surface area contributed by atoms with Gasteiger partial charge in [-0.05, 0) is 0 Å². The zero-order valence-electron chi connectivity index (χ0n) is 16.0. The van der Waals surface area contributed by atoms with E-state index in [1.807, 2.05) is 0 Å². The molecule has 0 aromatic heterocycles. The molecule has 0 rings (SSSR count). The first-order chi connectivity index (χ1) is 12.0. The summed E-state index contributed by atoms with van der Waals surface area (Å²) < 4.78 is 192. The van der Waals surface area contributed by atoms with Crippen LogP contribution in [0.15, 0.2) is 0 Å². The number of hydrogen-bond acceptors (Lipinski definition) is 12. The van der Waals surface area contributed by atoms with Crippen LogP contribution in [0.1, 0.15) is 0 Å². The van der Waals surface area contributed by atoms with Crippen LogP contribution < -0.4 is 18.5 Å². The third kappa shape index (κ3) is 13400. The van der Waals surface area contributed by atoms with Gasteiger partial charge < -0.3 is 18.5 Å². The van der Waals surface area contributed by atoms with Crippen LogP contribution in [-0.2, 0) is 158 Å². The summed E-state index contributed by atoms with van der Waals surface area (Å²) in [6.45, 7) is 0. The van der Waals surface area contributed by atoms with E-state index >= 15 is 0 Å². The average Bonchev–Trinajstić information content (AvgIpc) is 1.94. The fourth-order valence-corrected chi connectivity index (χ4v) is 0. The summed E-state index contributed by atoms with van der Waals surface area (Å²) in [7, 11) is 0. The van der Waals surface area contributed by atoms with Crippen molar-refractivity contribution >= 4 is 0 Å². The molecule has 0 saturated heterocycles. The van der Waals surface area contributed by atoms with Crippen LogP contribution in [0.5, 0.6) is 0 Å². The first-order valence-electron chi connectivity index (χ1n) is 4.19. The van der Waals surface area contributed by atoms with E-state index in [1.54, 1.807) is 0 Å². The molecule has 0 aromatic rings. The molecule has 34 heteroatoms. The van der Waals surface area contributed by atoms with Crippen LogP contribution in [0, 0.1) is 0 Å². The van der Waals surface area contributed by atoms with Crippen LogP contribution in [0.25, 0.3) is 0 Å². The molecule has 34 heavy (non-hydrogen) atoms. The Kier molecular flexibility index (Phi) is 52.9. The summed E-state index contributed by atoms with van der Waals surface area (Å²) in [5, 5.41) is 0. The summed E-state index contributed by atoms with van der Waals surface area (Å²) in [5.74, 6) is 0. The molecule has 24 N–H and O–H groups in total. The van der Waals surface area contributed by atoms with Gasteiger partial charge in [0.05, 0.1) is 0 Å². The normalized spacial score (nSPS) is 10.2. The fourth-order valence-electron chi connectivity index (χ4n) is 0. The van der Waals surface area contributed by atoms with Gasteiger partial charge in [-0.25, -0.2) is 0 Å². The van der Waals surface area contributed by atoms with E-state index in [4.69, 9.17) is 85.9 Å². The Hall–Kier alpha value is 1.64. The van der Waals surface area contributed by atoms with Crippen molar-refractivity contribution in [3.63, 3.8) is 0 Å². The Morgan fingerprint density at radius 2 is 0.235 bits per heavy atom. The minimum absolute atomic E-state index is 0. The Morgan fingerprint density at radius 1 is 0.235 bits per heavy atom. The second-order valence-corrected chi connectivity index (χ2v) is 15.9. The topological polar surface area (TPSA) is 557 Å². The maximum atomic E-state index is 8.85. The van der Waals surface area contributed by atoms with Gasteiger partial charge in [0.15, 0.2) is 0 Å². The van der Waals surface area contributed by atoms with E-state index in [0.717, 1.165) is 0 Å². The van der Waals surface area contributed by atoms with Gasteiger partial charge >= 0.3 is 186 Å². The van der Waals surface area contributed by atoms with Crippen LogP contribution >= 0.6 is 0 Å². The second-order valence-electron chi connectivity index (χ2n) is 2.69. The van der Waals surface area contributed by atoms with Crippen molar-refractivity contribution in [2.75, 3.05) is 0 Å². The molecule has 0 unspecified atom stereocenters. The molecule has 0 amide bonds. The van der Waals surface area contributed by atoms with Crippen LogP contribution in [0.3, 0.4) is 0 Å². The zero-order chi connectivity index (χ0) is 27.0. The molecule has 0 aliphatic rings. The summed E-state index contributed by atoms with van der Waals surface area (Å²) in [5.41, 5.74) is 0. The van der Waals surface area contributed by atoms with Crippen molar-refractivity contribution in [3.8, 4) is 0 Å². The molecule has 0 aliphatic heterocycles. The quantitative estimate of drug-likeness (QED) is 0.100. The summed E-state index contributed by atoms with van der Waals surface area (Å²) in [6, 6.07) is 0. The molecule has 1 radical (unpaired) electrons. The predicted molar refractivity (Wildman–Crippen MR) is 52.8 cm³/mol. The number of hydrogen-bond donors (Lipinski definition) is 15. The molecule has 0 fully saturated rings. The van der Waals surface area contributed by atoms with Gasteiger partial charge in [-0.3, -0.25) is 0 Å². The zero-order valence-corrected chi connectivity index (χ0v) is 29.1. The molecule has 225 valence electrons. The first-order valence-corrected chi connectivity index (χ1v) is 24.8. The summed E-state index contributed by atoms with van der Waals surface area (Å²) in [6.07, 6.45) is 0. The van der Waals surface area contributed by atoms with E-state index in [9.17, 15) is 0 Å². The first kappa shape index (κ1) is 65.0. The Labute approximate surface area is 219 Å². The molecule has 0 aliphatic carbocycles. The SMILES string of the molecule is [Co].[NH4+].[NH4+].[NH4+].[O]=[Mo](=[O])([OH])[OH].[O]=[Mo](=[O])([OH])[OH].[O]=[Mo](=[O])([OH])[OH].[O]=[Mo](=[O])([OH])[OH].[O]=[Mo](=[O])([OH])[OH].[O]=[Mo](=[O])([OH])[OH]. The standard InChI is InChI=1S/Co.6Mo.3H3N.12H2O.12O/h;;;;;;;3*1H3;12*1H2;;;;;;;;;;;;/q;6*+2;;;;;;;;;;;;;;;;;;;;;;;;;;;/p-9. The van der Waals surface area contributed by atoms with Crippen molar-refractivity contribution in [2.45, 2.75) is 0 Å². The molecule has 0 bridgehead atoms. The van der Waals surface area contributed by atoms with Gasteiger partial charge in [-0.15, -0.1) is 0 Å². The van der Waals surface area contributed by atoms with E-state index < -0.39 is 100 Å². The van der Waals surface area contributed by atoms with Crippen molar-refractivity contribution < 1.29 is 203 Å². The Morgan fingerprint density at radius 3 is 0.235 bits per heavy atom. The van der Waals surface area contributed by atoms with Gasteiger partial charge in [0.2, 0.25) is 0 Å². The van der Waals surface area contributed by atoms with E-state index in [0.29, 0.717) is 0 Å². The summed E-state index contributed by atoms with van der Waals surface area (Å²) >= 11 is -33.1. The monoisotopic (exact) mass is 1100 g/mol. The molecular weight excluding hydrogens is 1060 g/mol. The van der Waals surface area contributed by atoms with Crippen molar-refractivity contribution in [1.82, 2.24) is 18.5 Å². The fraction of sp³-hybridized carbons (Fsp3) is 0. The third-order valence-corrected chi connectivity index (χ3v) is 0. The molecule has 27 nitrogen and oxygen atoms in total. The van der Waals surface area contributed by atoms with Crippen molar-refractivity contribution in [2.24, 2.45) is 0 Å². The van der Waals surface area contributed by atoms with Gasteiger partial charge in [0.25, 0.3) is 0 Å². The number of quaternary nitrogens is 3. The van der Waals surface area contributed by atoms with Crippen LogP contribution in [-0.4, -0.2) is 45.1 Å². The van der Waals surface area contributed by atoms with Gasteiger partial charge in [-0.1, -0.05) is 0 Å². The van der Waals surface area contributed by atoms with E-state index in [2.05, 4.69) is 0 Å². The van der Waals surface area contributed by atoms with E-state index in [-0.39, 0.29) is 35.2 Å². The molecule has 0 saturated carbocycles. The second kappa shape index (κ2) is 27.7. The van der Waals surface area contributed by atoms with Gasteiger partial charge in [0, 0.05) is 16.8 Å². The minimum atomic E-state index is -5.52. The third-order valence-electron chi connectivity index (χ3n) is 0. The van der Waals surface area contributed by atoms with Gasteiger partial charge in [0.1, 0.15) is 0 Å². The van der Waals surface area contributed by atoms with Crippen LogP contribution in [0.4, 0.5) is 0 Å². The molecule has 0 spiro atoms. The maximum absolute atomic E-state index is 8.85. The molecule has 0 aromatic carbocycles. The van der Waals surface area contributed by atoms with Crippen molar-refractivity contribution in [1.29, 1.82) is 0 Å².